The topological polar surface area (TPSA) is 79.1 Å². The third kappa shape index (κ3) is 3.99. The van der Waals surface area contributed by atoms with E-state index >= 15 is 0 Å². The molecule has 1 aliphatic carbocycles. The highest BCUT2D eigenvalue weighted by Crippen LogP contribution is 2.47. The van der Waals surface area contributed by atoms with Gasteiger partial charge in [-0.2, -0.15) is 5.26 Å². The number of carbonyl (C=O) groups excluding carboxylic acids is 1. The summed E-state index contributed by atoms with van der Waals surface area (Å²) in [5, 5.41) is 9.30. The van der Waals surface area contributed by atoms with Crippen molar-refractivity contribution in [2.75, 3.05) is 18.0 Å². The van der Waals surface area contributed by atoms with Gasteiger partial charge in [-0.15, -0.1) is 0 Å². The van der Waals surface area contributed by atoms with Crippen LogP contribution in [0.2, 0.25) is 18.1 Å². The Bertz CT molecular complexity index is 802. The predicted molar refractivity (Wildman–Crippen MR) is 112 cm³/mol. The van der Waals surface area contributed by atoms with Crippen molar-refractivity contribution in [1.29, 1.82) is 5.26 Å². The fourth-order valence-electron chi connectivity index (χ4n) is 4.09. The molecule has 3 rings (SSSR count). The van der Waals surface area contributed by atoms with E-state index in [0.29, 0.717) is 23.8 Å². The van der Waals surface area contributed by atoms with Gasteiger partial charge in [-0.25, -0.2) is 9.97 Å². The van der Waals surface area contributed by atoms with Crippen molar-refractivity contribution in [2.24, 2.45) is 5.41 Å². The minimum Gasteiger partial charge on any atom is -0.413 e. The summed E-state index contributed by atoms with van der Waals surface area (Å²) in [6, 6.07) is 3.79. The molecule has 1 saturated heterocycles. The van der Waals surface area contributed by atoms with E-state index in [2.05, 4.69) is 54.8 Å². The Labute approximate surface area is 169 Å². The number of hydrogen-bond acceptors (Lipinski definition) is 6. The summed E-state index contributed by atoms with van der Waals surface area (Å²) in [5.74, 6) is 0.963. The molecule has 0 bridgehead atoms. The molecule has 0 aromatic carbocycles. The predicted octanol–water partition coefficient (Wildman–Crippen LogP) is 4.00. The first kappa shape index (κ1) is 20.9. The fraction of sp³-hybridized carbons (Fsp3) is 0.714. The molecular formula is C21H32N4O2Si. The van der Waals surface area contributed by atoms with Crippen LogP contribution >= 0.6 is 0 Å². The number of nitrogens with zero attached hydrogens (tertiary/aromatic N) is 4. The highest BCUT2D eigenvalue weighted by atomic mass is 28.4. The first-order chi connectivity index (χ1) is 13.0. The number of carbonyl (C=O) groups is 1. The van der Waals surface area contributed by atoms with Crippen LogP contribution in [0.25, 0.3) is 0 Å². The molecule has 1 aromatic rings. The van der Waals surface area contributed by atoms with E-state index in [1.807, 2.05) is 6.92 Å². The molecule has 2 aliphatic rings. The van der Waals surface area contributed by atoms with Crippen molar-refractivity contribution in [3.05, 3.63) is 17.5 Å². The zero-order chi connectivity index (χ0) is 20.7. The summed E-state index contributed by atoms with van der Waals surface area (Å²) in [7, 11) is -1.88. The van der Waals surface area contributed by atoms with E-state index in [1.54, 1.807) is 6.07 Å². The maximum atomic E-state index is 12.9. The normalized spacial score (nSPS) is 22.5. The van der Waals surface area contributed by atoms with Crippen molar-refractivity contribution < 1.29 is 9.22 Å². The third-order valence-corrected chi connectivity index (χ3v) is 11.4. The van der Waals surface area contributed by atoms with Crippen LogP contribution < -0.4 is 4.90 Å². The van der Waals surface area contributed by atoms with Crippen LogP contribution in [0.5, 0.6) is 0 Å². The van der Waals surface area contributed by atoms with Gasteiger partial charge in [0.25, 0.3) is 0 Å². The summed E-state index contributed by atoms with van der Waals surface area (Å²) in [4.78, 5) is 23.9. The number of nitriles is 1. The third-order valence-electron chi connectivity index (χ3n) is 6.85. The number of rotatable bonds is 3. The van der Waals surface area contributed by atoms with Gasteiger partial charge in [0.1, 0.15) is 17.5 Å². The van der Waals surface area contributed by atoms with Crippen LogP contribution in [0.3, 0.4) is 0 Å². The average molecular weight is 401 g/mol. The molecule has 0 N–H and O–H groups in total. The van der Waals surface area contributed by atoms with Crippen molar-refractivity contribution in [1.82, 2.24) is 9.97 Å². The maximum Gasteiger partial charge on any atom is 0.226 e. The lowest BCUT2D eigenvalue weighted by Crippen LogP contribution is -2.45. The second-order valence-corrected chi connectivity index (χ2v) is 14.7. The molecule has 0 radical (unpaired) electrons. The van der Waals surface area contributed by atoms with Gasteiger partial charge in [0.2, 0.25) is 5.95 Å². The Morgan fingerprint density at radius 1 is 1.29 bits per heavy atom. The summed E-state index contributed by atoms with van der Waals surface area (Å²) >= 11 is 0. The summed E-state index contributed by atoms with van der Waals surface area (Å²) in [6.45, 7) is 14.6. The zero-order valence-corrected chi connectivity index (χ0v) is 19.0. The molecule has 28 heavy (non-hydrogen) atoms. The number of piperidine rings is 1. The van der Waals surface area contributed by atoms with Gasteiger partial charge in [-0.05, 0) is 50.4 Å². The molecule has 1 spiro atoms. The van der Waals surface area contributed by atoms with Gasteiger partial charge in [0.05, 0.1) is 6.10 Å². The van der Waals surface area contributed by atoms with Gasteiger partial charge in [0.15, 0.2) is 8.32 Å². The Morgan fingerprint density at radius 3 is 2.50 bits per heavy atom. The number of Topliss-reactive ketones (excluding diaryl/α,β-unsaturated/α-hetero) is 1. The Hall–Kier alpha value is -1.78. The molecule has 7 heteroatoms. The summed E-state index contributed by atoms with van der Waals surface area (Å²) < 4.78 is 6.56. The zero-order valence-electron chi connectivity index (χ0n) is 18.0. The Morgan fingerprint density at radius 2 is 1.93 bits per heavy atom. The van der Waals surface area contributed by atoms with Crippen LogP contribution in [0.1, 0.15) is 57.8 Å². The van der Waals surface area contributed by atoms with E-state index in [9.17, 15) is 4.79 Å². The van der Waals surface area contributed by atoms with E-state index in [4.69, 9.17) is 9.69 Å². The van der Waals surface area contributed by atoms with E-state index in [-0.39, 0.29) is 16.6 Å². The summed E-state index contributed by atoms with van der Waals surface area (Å²) in [6.07, 6.45) is 3.06. The number of ketones is 1. The van der Waals surface area contributed by atoms with Crippen LogP contribution in [0.4, 0.5) is 5.95 Å². The number of hydrogen-bond donors (Lipinski definition) is 0. The highest BCUT2D eigenvalue weighted by Gasteiger charge is 2.51. The number of aryl methyl sites for hydroxylation is 1. The van der Waals surface area contributed by atoms with E-state index < -0.39 is 8.32 Å². The smallest absolute Gasteiger partial charge is 0.226 e. The molecule has 1 aromatic heterocycles. The quantitative estimate of drug-likeness (QED) is 0.714. The van der Waals surface area contributed by atoms with Crippen molar-refractivity contribution in [3.63, 3.8) is 0 Å². The molecule has 0 unspecified atom stereocenters. The van der Waals surface area contributed by atoms with Crippen LogP contribution in [-0.2, 0) is 9.22 Å². The molecule has 152 valence electrons. The Kier molecular flexibility index (Phi) is 5.41. The van der Waals surface area contributed by atoms with Gasteiger partial charge >= 0.3 is 0 Å². The van der Waals surface area contributed by atoms with Crippen LogP contribution in [0, 0.1) is 23.7 Å². The fourth-order valence-corrected chi connectivity index (χ4v) is 5.44. The first-order valence-corrected chi connectivity index (χ1v) is 13.1. The Balaban J connectivity index is 1.68. The lowest BCUT2D eigenvalue weighted by Gasteiger charge is -2.40. The monoisotopic (exact) mass is 400 g/mol. The van der Waals surface area contributed by atoms with Gasteiger partial charge in [-0.3, -0.25) is 4.79 Å². The molecule has 2 fully saturated rings. The van der Waals surface area contributed by atoms with E-state index in [0.717, 1.165) is 38.0 Å². The van der Waals surface area contributed by atoms with E-state index in [1.165, 1.54) is 0 Å². The van der Waals surface area contributed by atoms with Crippen molar-refractivity contribution in [2.45, 2.75) is 77.6 Å². The minimum absolute atomic E-state index is 0.0559. The number of anilines is 1. The highest BCUT2D eigenvalue weighted by molar-refractivity contribution is 6.74. The lowest BCUT2D eigenvalue weighted by molar-refractivity contribution is -0.126. The molecule has 2 heterocycles. The largest absolute Gasteiger partial charge is 0.413 e. The summed E-state index contributed by atoms with van der Waals surface area (Å²) in [5.41, 5.74) is 0.926. The van der Waals surface area contributed by atoms with Crippen LogP contribution in [-0.4, -0.2) is 43.3 Å². The van der Waals surface area contributed by atoms with Crippen molar-refractivity contribution in [3.8, 4) is 6.07 Å². The van der Waals surface area contributed by atoms with Gasteiger partial charge < -0.3 is 9.33 Å². The van der Waals surface area contributed by atoms with Gasteiger partial charge in [0, 0.05) is 30.6 Å². The molecule has 6 nitrogen and oxygen atoms in total. The second-order valence-electron chi connectivity index (χ2n) is 9.91. The second kappa shape index (κ2) is 7.23. The lowest BCUT2D eigenvalue weighted by atomic mass is 9.76. The molecule has 1 saturated carbocycles. The standard InChI is InChI=1S/C21H32N4O2Si/c1-15-11-16(14-22)24-19(23-15)25-9-7-21(8-10-25)13-17(12-18(21)26)27-28(5,6)20(2,3)4/h11,17H,7-10,12-13H2,1-6H3/t17-/m0/s1. The maximum absolute atomic E-state index is 12.9. The number of aromatic nitrogens is 2. The van der Waals surface area contributed by atoms with Gasteiger partial charge in [-0.1, -0.05) is 20.8 Å². The molecule has 1 atom stereocenters. The van der Waals surface area contributed by atoms with Crippen LogP contribution in [0.15, 0.2) is 6.07 Å². The molecular weight excluding hydrogens is 368 g/mol. The molecule has 1 aliphatic heterocycles. The van der Waals surface area contributed by atoms with Crippen molar-refractivity contribution >= 4 is 20.0 Å². The average Bonchev–Trinajstić information content (AvgIpc) is 2.88. The first-order valence-electron chi connectivity index (χ1n) is 10.2. The minimum atomic E-state index is -1.88. The molecule has 0 amide bonds. The SMILES string of the molecule is Cc1cc(C#N)nc(N2CCC3(CC2)C[C@@H](O[Si](C)(C)C(C)(C)C)CC3=O)n1.